The van der Waals surface area contributed by atoms with Crippen LogP contribution in [0.25, 0.3) is 0 Å². The maximum absolute atomic E-state index is 10.5. The lowest BCUT2D eigenvalue weighted by molar-refractivity contribution is -0.137. The number of unbranched alkanes of at least 4 members (excludes halogenated alkanes) is 1. The first kappa shape index (κ1) is 23.4. The molecule has 0 aliphatic heterocycles. The highest BCUT2D eigenvalue weighted by molar-refractivity contribution is 6.30. The zero-order valence-electron chi connectivity index (χ0n) is 16.2. The molecule has 1 aromatic rings. The SMILES string of the molecule is O=C(O)CCC/C=C\CC1[C@@H](/C=C/[C@@H](O)COc2cccc(Cl)c2)[C@H](O)C[C@@H]1O. The van der Waals surface area contributed by atoms with Crippen LogP contribution in [0.4, 0.5) is 0 Å². The normalized spacial score (nSPS) is 25.7. The van der Waals surface area contributed by atoms with Gasteiger partial charge in [-0.1, -0.05) is 42.0 Å². The molecule has 0 spiro atoms. The molecule has 0 saturated heterocycles. The Morgan fingerprint density at radius 2 is 2.07 bits per heavy atom. The predicted molar refractivity (Wildman–Crippen MR) is 111 cm³/mol. The van der Waals surface area contributed by atoms with Crippen molar-refractivity contribution in [2.24, 2.45) is 11.8 Å². The molecule has 7 heteroatoms. The van der Waals surface area contributed by atoms with Crippen molar-refractivity contribution in [1.29, 1.82) is 0 Å². The molecular weight excluding hydrogens is 396 g/mol. The minimum atomic E-state index is -0.855. The Labute approximate surface area is 176 Å². The molecule has 1 aliphatic rings. The highest BCUT2D eigenvalue weighted by Gasteiger charge is 2.39. The van der Waals surface area contributed by atoms with E-state index in [1.165, 1.54) is 0 Å². The number of carbonyl (C=O) groups is 1. The average molecular weight is 425 g/mol. The van der Waals surface area contributed by atoms with Gasteiger partial charge in [-0.2, -0.15) is 0 Å². The molecule has 1 aliphatic carbocycles. The summed E-state index contributed by atoms with van der Waals surface area (Å²) in [7, 11) is 0. The first-order chi connectivity index (χ1) is 13.9. The van der Waals surface area contributed by atoms with Crippen LogP contribution in [0.5, 0.6) is 5.75 Å². The Morgan fingerprint density at radius 3 is 2.79 bits per heavy atom. The molecule has 0 bridgehead atoms. The summed E-state index contributed by atoms with van der Waals surface area (Å²) in [5.74, 6) is -0.671. The fraction of sp³-hybridized carbons (Fsp3) is 0.500. The first-order valence-electron chi connectivity index (χ1n) is 9.84. The van der Waals surface area contributed by atoms with Gasteiger partial charge in [0.15, 0.2) is 0 Å². The Kier molecular flexibility index (Phi) is 9.67. The van der Waals surface area contributed by atoms with Crippen molar-refractivity contribution in [1.82, 2.24) is 0 Å². The quantitative estimate of drug-likeness (QED) is 0.321. The van der Waals surface area contributed by atoms with Crippen molar-refractivity contribution in [2.45, 2.75) is 50.4 Å². The molecule has 1 saturated carbocycles. The molecule has 1 aromatic carbocycles. The second-order valence-corrected chi connectivity index (χ2v) is 7.76. The fourth-order valence-electron chi connectivity index (χ4n) is 3.50. The first-order valence-corrected chi connectivity index (χ1v) is 10.2. The number of carboxylic acids is 1. The lowest BCUT2D eigenvalue weighted by Gasteiger charge is -2.19. The van der Waals surface area contributed by atoms with Crippen LogP contribution in [0.2, 0.25) is 5.02 Å². The molecule has 4 N–H and O–H groups in total. The zero-order valence-corrected chi connectivity index (χ0v) is 17.0. The summed E-state index contributed by atoms with van der Waals surface area (Å²) in [5.41, 5.74) is 0. The van der Waals surface area contributed by atoms with Gasteiger partial charge in [-0.05, 0) is 43.4 Å². The Bertz CT molecular complexity index is 704. The number of benzene rings is 1. The second kappa shape index (κ2) is 12.0. The molecule has 2 rings (SSSR count). The minimum Gasteiger partial charge on any atom is -0.491 e. The number of ether oxygens (including phenoxy) is 1. The third-order valence-electron chi connectivity index (χ3n) is 5.02. The van der Waals surface area contributed by atoms with Gasteiger partial charge in [0.05, 0.1) is 12.2 Å². The second-order valence-electron chi connectivity index (χ2n) is 7.33. The summed E-state index contributed by atoms with van der Waals surface area (Å²) in [5, 5.41) is 39.8. The van der Waals surface area contributed by atoms with E-state index in [1.807, 2.05) is 12.2 Å². The predicted octanol–water partition coefficient (Wildman–Crippen LogP) is 3.20. The zero-order chi connectivity index (χ0) is 21.2. The number of carboxylic acid groups (broad SMARTS) is 1. The van der Waals surface area contributed by atoms with Crippen LogP contribution in [0.1, 0.15) is 32.1 Å². The van der Waals surface area contributed by atoms with E-state index in [0.717, 1.165) is 0 Å². The standard InChI is InChI=1S/C22H29ClO6/c23-15-6-5-7-17(12-15)29-14-16(24)10-11-19-18(20(25)13-21(19)26)8-3-1-2-4-9-22(27)28/h1,3,5-7,10-12,16,18-21,24-26H,2,4,8-9,13-14H2,(H,27,28)/b3-1-,11-10+/t16-,18?,19-,20+,21-/m1/s1. The van der Waals surface area contributed by atoms with E-state index in [4.69, 9.17) is 21.4 Å². The summed E-state index contributed by atoms with van der Waals surface area (Å²) in [4.78, 5) is 10.5. The number of rotatable bonds is 11. The lowest BCUT2D eigenvalue weighted by atomic mass is 9.89. The summed E-state index contributed by atoms with van der Waals surface area (Å²) in [6, 6.07) is 6.90. The Hall–Kier alpha value is -1.86. The van der Waals surface area contributed by atoms with E-state index in [-0.39, 0.29) is 24.9 Å². The highest BCUT2D eigenvalue weighted by atomic mass is 35.5. The van der Waals surface area contributed by atoms with Gasteiger partial charge in [-0.25, -0.2) is 0 Å². The van der Waals surface area contributed by atoms with Crippen molar-refractivity contribution in [3.8, 4) is 5.75 Å². The van der Waals surface area contributed by atoms with E-state index < -0.39 is 24.3 Å². The molecule has 0 heterocycles. The van der Waals surface area contributed by atoms with Crippen molar-refractivity contribution in [3.63, 3.8) is 0 Å². The number of aliphatic carboxylic acids is 1. The molecular formula is C22H29ClO6. The van der Waals surface area contributed by atoms with Crippen molar-refractivity contribution < 1.29 is 30.0 Å². The summed E-state index contributed by atoms with van der Waals surface area (Å²) in [6.07, 6.45) is 7.26. The van der Waals surface area contributed by atoms with Gasteiger partial charge in [0, 0.05) is 23.8 Å². The van der Waals surface area contributed by atoms with E-state index in [1.54, 1.807) is 36.4 Å². The molecule has 0 radical (unpaired) electrons. The smallest absolute Gasteiger partial charge is 0.303 e. The summed E-state index contributed by atoms with van der Waals surface area (Å²) >= 11 is 5.90. The number of hydrogen-bond acceptors (Lipinski definition) is 5. The van der Waals surface area contributed by atoms with Crippen molar-refractivity contribution in [2.75, 3.05) is 6.61 Å². The minimum absolute atomic E-state index is 0.0519. The van der Waals surface area contributed by atoms with Gasteiger partial charge in [0.2, 0.25) is 0 Å². The molecule has 160 valence electrons. The van der Waals surface area contributed by atoms with E-state index in [9.17, 15) is 20.1 Å². The molecule has 29 heavy (non-hydrogen) atoms. The Morgan fingerprint density at radius 1 is 1.28 bits per heavy atom. The molecule has 0 amide bonds. The average Bonchev–Trinajstić information content (AvgIpc) is 2.93. The third kappa shape index (κ3) is 8.19. The maximum Gasteiger partial charge on any atom is 0.303 e. The highest BCUT2D eigenvalue weighted by Crippen LogP contribution is 2.36. The number of aliphatic hydroxyl groups is 3. The van der Waals surface area contributed by atoms with E-state index in [2.05, 4.69) is 0 Å². The van der Waals surface area contributed by atoms with E-state index in [0.29, 0.717) is 36.5 Å². The van der Waals surface area contributed by atoms with Crippen LogP contribution < -0.4 is 4.74 Å². The van der Waals surface area contributed by atoms with Gasteiger partial charge >= 0.3 is 5.97 Å². The monoisotopic (exact) mass is 424 g/mol. The van der Waals surface area contributed by atoms with Crippen LogP contribution in [0.15, 0.2) is 48.6 Å². The Balaban J connectivity index is 1.83. The molecule has 0 aromatic heterocycles. The topological polar surface area (TPSA) is 107 Å². The number of hydrogen-bond donors (Lipinski definition) is 4. The molecule has 5 atom stereocenters. The van der Waals surface area contributed by atoms with Crippen LogP contribution >= 0.6 is 11.6 Å². The van der Waals surface area contributed by atoms with Gasteiger partial charge < -0.3 is 25.2 Å². The van der Waals surface area contributed by atoms with Crippen LogP contribution in [-0.2, 0) is 4.79 Å². The lowest BCUT2D eigenvalue weighted by Crippen LogP contribution is -2.21. The van der Waals surface area contributed by atoms with Gasteiger partial charge in [0.25, 0.3) is 0 Å². The van der Waals surface area contributed by atoms with Crippen molar-refractivity contribution in [3.05, 3.63) is 53.6 Å². The summed E-state index contributed by atoms with van der Waals surface area (Å²) in [6.45, 7) is 0.0519. The number of halogens is 1. The maximum atomic E-state index is 10.5. The van der Waals surface area contributed by atoms with Gasteiger partial charge in [-0.3, -0.25) is 4.79 Å². The fourth-order valence-corrected chi connectivity index (χ4v) is 3.68. The summed E-state index contributed by atoms with van der Waals surface area (Å²) < 4.78 is 5.51. The third-order valence-corrected chi connectivity index (χ3v) is 5.26. The number of aliphatic hydroxyl groups excluding tert-OH is 3. The molecule has 6 nitrogen and oxygen atoms in total. The van der Waals surface area contributed by atoms with Crippen molar-refractivity contribution >= 4 is 17.6 Å². The van der Waals surface area contributed by atoms with Crippen LogP contribution in [0.3, 0.4) is 0 Å². The van der Waals surface area contributed by atoms with E-state index >= 15 is 0 Å². The van der Waals surface area contributed by atoms with Crippen LogP contribution in [0, 0.1) is 11.8 Å². The number of allylic oxidation sites excluding steroid dienone is 2. The molecule has 1 unspecified atom stereocenters. The van der Waals surface area contributed by atoms with Gasteiger partial charge in [-0.15, -0.1) is 0 Å². The largest absolute Gasteiger partial charge is 0.491 e. The molecule has 1 fully saturated rings. The van der Waals surface area contributed by atoms with Gasteiger partial charge in [0.1, 0.15) is 18.5 Å². The van der Waals surface area contributed by atoms with Crippen LogP contribution in [-0.4, -0.2) is 51.3 Å².